The Balaban J connectivity index is 3.14. The van der Waals surface area contributed by atoms with Crippen LogP contribution in [-0.2, 0) is 4.74 Å². The molecule has 0 amide bonds. The molecule has 3 nitrogen and oxygen atoms in total. The lowest BCUT2D eigenvalue weighted by atomic mass is 10.2. The first-order valence-electron chi connectivity index (χ1n) is 6.68. The van der Waals surface area contributed by atoms with Crippen LogP contribution in [0.5, 0.6) is 0 Å². The Hall–Kier alpha value is -0.120. The Kier molecular flexibility index (Phi) is 11.3. The minimum absolute atomic E-state index is 0.561. The first kappa shape index (κ1) is 15.9. The molecule has 0 saturated heterocycles. The normalized spacial score (nSPS) is 13.3. The summed E-state index contributed by atoms with van der Waals surface area (Å²) in [7, 11) is 0. The van der Waals surface area contributed by atoms with Gasteiger partial charge >= 0.3 is 0 Å². The zero-order valence-corrected chi connectivity index (χ0v) is 11.5. The lowest BCUT2D eigenvalue weighted by Crippen LogP contribution is -2.38. The van der Waals surface area contributed by atoms with E-state index in [1.54, 1.807) is 0 Å². The van der Waals surface area contributed by atoms with E-state index >= 15 is 0 Å². The first-order chi connectivity index (χ1) is 7.66. The monoisotopic (exact) mass is 230 g/mol. The topological polar surface area (TPSA) is 33.3 Å². The Morgan fingerprint density at radius 2 is 1.81 bits per heavy atom. The van der Waals surface area contributed by atoms with E-state index in [4.69, 9.17) is 4.74 Å². The van der Waals surface area contributed by atoms with Gasteiger partial charge in [-0.1, -0.05) is 13.8 Å². The summed E-state index contributed by atoms with van der Waals surface area (Å²) in [6.45, 7) is 13.7. The van der Waals surface area contributed by atoms with Gasteiger partial charge in [-0.05, 0) is 45.7 Å². The third-order valence-corrected chi connectivity index (χ3v) is 2.42. The molecule has 0 aliphatic heterocycles. The lowest BCUT2D eigenvalue weighted by Gasteiger charge is -2.15. The van der Waals surface area contributed by atoms with Crippen LogP contribution in [0.2, 0.25) is 0 Å². The molecular formula is C13H30N2O. The standard InChI is InChI=1S/C13H30N2O/c1-5-16-9-7-6-8-15-13(4)11-14-10-12(2)3/h12-15H,5-11H2,1-4H3. The van der Waals surface area contributed by atoms with Gasteiger partial charge in [-0.2, -0.15) is 0 Å². The highest BCUT2D eigenvalue weighted by Crippen LogP contribution is 1.91. The highest BCUT2D eigenvalue weighted by molar-refractivity contribution is 4.64. The van der Waals surface area contributed by atoms with E-state index in [-0.39, 0.29) is 0 Å². The van der Waals surface area contributed by atoms with Crippen molar-refractivity contribution in [1.82, 2.24) is 10.6 Å². The fourth-order valence-corrected chi connectivity index (χ4v) is 1.48. The third-order valence-electron chi connectivity index (χ3n) is 2.42. The van der Waals surface area contributed by atoms with Crippen LogP contribution in [0, 0.1) is 5.92 Å². The zero-order valence-electron chi connectivity index (χ0n) is 11.5. The SMILES string of the molecule is CCOCCCCNC(C)CNCC(C)C. The maximum Gasteiger partial charge on any atom is 0.0466 e. The van der Waals surface area contributed by atoms with Crippen LogP contribution in [-0.4, -0.2) is 38.9 Å². The second-order valence-electron chi connectivity index (χ2n) is 4.81. The molecule has 2 N–H and O–H groups in total. The number of hydrogen-bond donors (Lipinski definition) is 2. The molecule has 98 valence electrons. The second-order valence-corrected chi connectivity index (χ2v) is 4.81. The molecule has 0 heterocycles. The van der Waals surface area contributed by atoms with E-state index in [1.165, 1.54) is 6.42 Å². The fraction of sp³-hybridized carbons (Fsp3) is 1.00. The molecule has 0 spiro atoms. The summed E-state index contributed by atoms with van der Waals surface area (Å²) in [6.07, 6.45) is 2.36. The van der Waals surface area contributed by atoms with Gasteiger partial charge in [0.25, 0.3) is 0 Å². The van der Waals surface area contributed by atoms with Crippen molar-refractivity contribution in [3.8, 4) is 0 Å². The molecule has 0 aromatic heterocycles. The van der Waals surface area contributed by atoms with Crippen LogP contribution >= 0.6 is 0 Å². The van der Waals surface area contributed by atoms with Gasteiger partial charge in [-0.15, -0.1) is 0 Å². The molecule has 0 radical (unpaired) electrons. The fourth-order valence-electron chi connectivity index (χ4n) is 1.48. The predicted molar refractivity (Wildman–Crippen MR) is 70.9 cm³/mol. The number of ether oxygens (including phenoxy) is 1. The molecule has 0 aromatic carbocycles. The summed E-state index contributed by atoms with van der Waals surface area (Å²) >= 11 is 0. The zero-order chi connectivity index (χ0) is 12.2. The average Bonchev–Trinajstić information content (AvgIpc) is 2.22. The third kappa shape index (κ3) is 12.0. The van der Waals surface area contributed by atoms with E-state index < -0.39 is 0 Å². The molecule has 1 unspecified atom stereocenters. The number of unbranched alkanes of at least 4 members (excludes halogenated alkanes) is 1. The molecule has 1 atom stereocenters. The van der Waals surface area contributed by atoms with E-state index in [0.717, 1.165) is 45.2 Å². The number of hydrogen-bond acceptors (Lipinski definition) is 3. The molecule has 16 heavy (non-hydrogen) atoms. The van der Waals surface area contributed by atoms with Crippen LogP contribution in [0.3, 0.4) is 0 Å². The molecular weight excluding hydrogens is 200 g/mol. The van der Waals surface area contributed by atoms with Gasteiger partial charge in [0.05, 0.1) is 0 Å². The molecule has 0 aromatic rings. The van der Waals surface area contributed by atoms with Crippen LogP contribution in [0.1, 0.15) is 40.5 Å². The summed E-state index contributed by atoms with van der Waals surface area (Å²) < 4.78 is 5.29. The van der Waals surface area contributed by atoms with Crippen molar-refractivity contribution in [2.24, 2.45) is 5.92 Å². The Morgan fingerprint density at radius 1 is 1.06 bits per heavy atom. The Morgan fingerprint density at radius 3 is 2.44 bits per heavy atom. The smallest absolute Gasteiger partial charge is 0.0466 e. The minimum Gasteiger partial charge on any atom is -0.382 e. The number of rotatable bonds is 11. The van der Waals surface area contributed by atoms with Crippen molar-refractivity contribution in [2.45, 2.75) is 46.6 Å². The van der Waals surface area contributed by atoms with E-state index in [1.807, 2.05) is 6.92 Å². The van der Waals surface area contributed by atoms with Gasteiger partial charge in [-0.3, -0.25) is 0 Å². The first-order valence-corrected chi connectivity index (χ1v) is 6.68. The molecule has 3 heteroatoms. The van der Waals surface area contributed by atoms with Gasteiger partial charge < -0.3 is 15.4 Å². The molecule has 0 fully saturated rings. The van der Waals surface area contributed by atoms with Crippen LogP contribution < -0.4 is 10.6 Å². The van der Waals surface area contributed by atoms with Crippen molar-refractivity contribution in [3.63, 3.8) is 0 Å². The van der Waals surface area contributed by atoms with E-state index in [2.05, 4.69) is 31.4 Å². The molecule has 0 saturated carbocycles. The summed E-state index contributed by atoms with van der Waals surface area (Å²) in [6, 6.07) is 0.561. The second kappa shape index (κ2) is 11.4. The average molecular weight is 230 g/mol. The largest absolute Gasteiger partial charge is 0.382 e. The number of nitrogens with one attached hydrogen (secondary N) is 2. The highest BCUT2D eigenvalue weighted by Gasteiger charge is 2.00. The van der Waals surface area contributed by atoms with Gasteiger partial charge in [0.2, 0.25) is 0 Å². The Labute approximate surface area is 101 Å². The van der Waals surface area contributed by atoms with Gasteiger partial charge in [0, 0.05) is 25.8 Å². The van der Waals surface area contributed by atoms with E-state index in [9.17, 15) is 0 Å². The summed E-state index contributed by atoms with van der Waals surface area (Å²) in [4.78, 5) is 0. The summed E-state index contributed by atoms with van der Waals surface area (Å²) in [5.74, 6) is 0.735. The van der Waals surface area contributed by atoms with Crippen LogP contribution in [0.25, 0.3) is 0 Å². The lowest BCUT2D eigenvalue weighted by molar-refractivity contribution is 0.143. The molecule has 0 aliphatic carbocycles. The van der Waals surface area contributed by atoms with Crippen LogP contribution in [0.15, 0.2) is 0 Å². The summed E-state index contributed by atoms with van der Waals surface area (Å²) in [5, 5.41) is 6.97. The summed E-state index contributed by atoms with van der Waals surface area (Å²) in [5.41, 5.74) is 0. The van der Waals surface area contributed by atoms with Gasteiger partial charge in [0.1, 0.15) is 0 Å². The maximum absolute atomic E-state index is 5.29. The van der Waals surface area contributed by atoms with Crippen molar-refractivity contribution in [1.29, 1.82) is 0 Å². The van der Waals surface area contributed by atoms with Crippen molar-refractivity contribution in [3.05, 3.63) is 0 Å². The predicted octanol–water partition coefficient (Wildman–Crippen LogP) is 2.03. The van der Waals surface area contributed by atoms with Crippen molar-refractivity contribution >= 4 is 0 Å². The molecule has 0 bridgehead atoms. The van der Waals surface area contributed by atoms with Gasteiger partial charge in [0.15, 0.2) is 0 Å². The highest BCUT2D eigenvalue weighted by atomic mass is 16.5. The van der Waals surface area contributed by atoms with E-state index in [0.29, 0.717) is 6.04 Å². The van der Waals surface area contributed by atoms with Crippen molar-refractivity contribution < 1.29 is 4.74 Å². The molecule has 0 rings (SSSR count). The van der Waals surface area contributed by atoms with Gasteiger partial charge in [-0.25, -0.2) is 0 Å². The minimum atomic E-state index is 0.561. The quantitative estimate of drug-likeness (QED) is 0.533. The molecule has 0 aliphatic rings. The van der Waals surface area contributed by atoms with Crippen LogP contribution in [0.4, 0.5) is 0 Å². The maximum atomic E-state index is 5.29. The van der Waals surface area contributed by atoms with Crippen molar-refractivity contribution in [2.75, 3.05) is 32.8 Å². The Bertz CT molecular complexity index is 140.